The topological polar surface area (TPSA) is 104 Å². The van der Waals surface area contributed by atoms with E-state index in [4.69, 9.17) is 4.18 Å². The number of hydrogen-bond donors (Lipinski definition) is 0. The van der Waals surface area contributed by atoms with Crippen LogP contribution in [0.5, 0.6) is 5.75 Å². The van der Waals surface area contributed by atoms with E-state index in [2.05, 4.69) is 4.98 Å². The van der Waals surface area contributed by atoms with Crippen molar-refractivity contribution in [2.24, 2.45) is 14.1 Å². The predicted octanol–water partition coefficient (Wildman–Crippen LogP) is 0.774. The van der Waals surface area contributed by atoms with Gasteiger partial charge in [0.1, 0.15) is 16.1 Å². The minimum Gasteiger partial charge on any atom is -0.378 e. The maximum atomic E-state index is 12.8. The Morgan fingerprint density at radius 3 is 2.21 bits per heavy atom. The van der Waals surface area contributed by atoms with Crippen LogP contribution in [0.2, 0.25) is 0 Å². The lowest BCUT2D eigenvalue weighted by atomic mass is 10.2. The van der Waals surface area contributed by atoms with Crippen molar-refractivity contribution in [3.63, 3.8) is 0 Å². The summed E-state index contributed by atoms with van der Waals surface area (Å²) in [7, 11) is 1.96. The van der Waals surface area contributed by atoms with Crippen LogP contribution >= 0.6 is 0 Å². The molecular weight excluding hydrogens is 384 g/mol. The molecule has 0 bridgehead atoms. The normalized spacial score (nSPS) is 11.6. The quantitative estimate of drug-likeness (QED) is 0.592. The van der Waals surface area contributed by atoms with Gasteiger partial charge in [0.2, 0.25) is 0 Å². The Balaban J connectivity index is 2.32. The molecule has 0 aliphatic rings. The zero-order valence-corrected chi connectivity index (χ0v) is 16.9. The number of aryl methyl sites for hydroxylation is 2. The number of hydrogen-bond acceptors (Lipinski definition) is 7. The highest BCUT2D eigenvalue weighted by Gasteiger charge is 2.23. The van der Waals surface area contributed by atoms with Crippen LogP contribution in [0, 0.1) is 6.92 Å². The van der Waals surface area contributed by atoms with Gasteiger partial charge in [-0.05, 0) is 19.1 Å². The van der Waals surface area contributed by atoms with Crippen molar-refractivity contribution >= 4 is 27.0 Å². The third-order valence-electron chi connectivity index (χ3n) is 4.33. The maximum Gasteiger partial charge on any atom is 0.339 e. The van der Waals surface area contributed by atoms with Gasteiger partial charge in [-0.1, -0.05) is 17.7 Å². The summed E-state index contributed by atoms with van der Waals surface area (Å²) in [4.78, 5) is 30.8. The molecule has 1 aromatic carbocycles. The summed E-state index contributed by atoms with van der Waals surface area (Å²) < 4.78 is 32.9. The number of fused-ring (bicyclic) bond motifs is 1. The molecule has 3 rings (SSSR count). The molecule has 2 aromatic heterocycles. The van der Waals surface area contributed by atoms with E-state index in [0.29, 0.717) is 5.82 Å². The average Bonchev–Trinajstić information content (AvgIpc) is 2.64. The first-order valence-electron chi connectivity index (χ1n) is 8.32. The van der Waals surface area contributed by atoms with Crippen molar-refractivity contribution in [1.29, 1.82) is 0 Å². The third kappa shape index (κ3) is 3.26. The molecule has 0 fully saturated rings. The number of aromatic nitrogens is 3. The molecule has 148 valence electrons. The first-order chi connectivity index (χ1) is 13.0. The van der Waals surface area contributed by atoms with E-state index < -0.39 is 21.4 Å². The summed E-state index contributed by atoms with van der Waals surface area (Å²) in [6.45, 7) is 1.83. The molecule has 0 spiro atoms. The lowest BCUT2D eigenvalue weighted by Crippen LogP contribution is -2.37. The fourth-order valence-electron chi connectivity index (χ4n) is 2.68. The molecule has 0 N–H and O–H groups in total. The molecule has 0 amide bonds. The summed E-state index contributed by atoms with van der Waals surface area (Å²) in [5, 5.41) is -0.0918. The molecule has 0 aliphatic carbocycles. The molecule has 0 saturated carbocycles. The Hall–Kier alpha value is -3.14. The monoisotopic (exact) mass is 404 g/mol. The first kappa shape index (κ1) is 19.6. The van der Waals surface area contributed by atoms with Gasteiger partial charge in [-0.2, -0.15) is 8.42 Å². The second kappa shape index (κ2) is 6.79. The Kier molecular flexibility index (Phi) is 4.76. The molecule has 9 nitrogen and oxygen atoms in total. The lowest BCUT2D eigenvalue weighted by Gasteiger charge is -2.17. The molecule has 10 heteroatoms. The highest BCUT2D eigenvalue weighted by atomic mass is 32.2. The van der Waals surface area contributed by atoms with Crippen molar-refractivity contribution < 1.29 is 12.6 Å². The Bertz CT molecular complexity index is 1290. The van der Waals surface area contributed by atoms with Crippen LogP contribution < -0.4 is 20.3 Å². The Labute approximate surface area is 161 Å². The van der Waals surface area contributed by atoms with Crippen molar-refractivity contribution in [1.82, 2.24) is 14.1 Å². The predicted molar refractivity (Wildman–Crippen MR) is 106 cm³/mol. The zero-order valence-electron chi connectivity index (χ0n) is 16.1. The third-order valence-corrected chi connectivity index (χ3v) is 5.58. The van der Waals surface area contributed by atoms with Crippen molar-refractivity contribution in [2.75, 3.05) is 19.0 Å². The van der Waals surface area contributed by atoms with Gasteiger partial charge in [0, 0.05) is 34.3 Å². The van der Waals surface area contributed by atoms with E-state index >= 15 is 0 Å². The average molecular weight is 404 g/mol. The Morgan fingerprint density at radius 2 is 1.64 bits per heavy atom. The van der Waals surface area contributed by atoms with Crippen LogP contribution in [0.15, 0.2) is 44.8 Å². The SMILES string of the molecule is Cc1ccc(S(=O)(=O)Oc2cc(N(C)C)nc3c2c(=O)n(C)c(=O)n3C)cc1. The fourth-order valence-corrected chi connectivity index (χ4v) is 3.61. The summed E-state index contributed by atoms with van der Waals surface area (Å²) in [6.07, 6.45) is 0. The highest BCUT2D eigenvalue weighted by Crippen LogP contribution is 2.28. The zero-order chi connectivity index (χ0) is 20.8. The number of rotatable bonds is 4. The molecular formula is C18H20N4O5S. The van der Waals surface area contributed by atoms with Gasteiger partial charge in [-0.3, -0.25) is 13.9 Å². The summed E-state index contributed by atoms with van der Waals surface area (Å²) in [5.74, 6) is 0.148. The molecule has 0 saturated heterocycles. The van der Waals surface area contributed by atoms with E-state index in [1.165, 1.54) is 36.9 Å². The molecule has 28 heavy (non-hydrogen) atoms. The molecule has 0 aliphatic heterocycles. The van der Waals surface area contributed by atoms with Gasteiger partial charge in [0.15, 0.2) is 11.4 Å². The summed E-state index contributed by atoms with van der Waals surface area (Å²) >= 11 is 0. The van der Waals surface area contributed by atoms with Crippen molar-refractivity contribution in [3.8, 4) is 5.75 Å². The standard InChI is InChI=1S/C18H20N4O5S/c1-11-6-8-12(9-7-11)28(25,26)27-13-10-14(20(2)3)19-16-15(13)17(23)22(5)18(24)21(16)4/h6-10H,1-5H3. The highest BCUT2D eigenvalue weighted by molar-refractivity contribution is 7.87. The van der Waals surface area contributed by atoms with Crippen LogP contribution in [0.25, 0.3) is 11.0 Å². The molecule has 0 atom stereocenters. The van der Waals surface area contributed by atoms with Gasteiger partial charge < -0.3 is 9.08 Å². The molecule has 2 heterocycles. The van der Waals surface area contributed by atoms with Crippen LogP contribution in [-0.4, -0.2) is 36.6 Å². The number of anilines is 1. The van der Waals surface area contributed by atoms with Crippen LogP contribution in [-0.2, 0) is 24.2 Å². The second-order valence-electron chi connectivity index (χ2n) is 6.63. The number of benzene rings is 1. The van der Waals surface area contributed by atoms with E-state index in [1.807, 2.05) is 6.92 Å². The number of pyridine rings is 1. The van der Waals surface area contributed by atoms with Gasteiger partial charge in [0.05, 0.1) is 0 Å². The second-order valence-corrected chi connectivity index (χ2v) is 8.17. The summed E-state index contributed by atoms with van der Waals surface area (Å²) in [6, 6.07) is 7.51. The number of nitrogens with zero attached hydrogens (tertiary/aromatic N) is 4. The lowest BCUT2D eigenvalue weighted by molar-refractivity contribution is 0.487. The Morgan fingerprint density at radius 1 is 1.04 bits per heavy atom. The van der Waals surface area contributed by atoms with Gasteiger partial charge >= 0.3 is 15.8 Å². The van der Waals surface area contributed by atoms with Crippen LogP contribution in [0.4, 0.5) is 5.82 Å². The smallest absolute Gasteiger partial charge is 0.339 e. The van der Waals surface area contributed by atoms with E-state index in [-0.39, 0.29) is 21.7 Å². The molecule has 3 aromatic rings. The molecule has 0 radical (unpaired) electrons. The maximum absolute atomic E-state index is 12.8. The largest absolute Gasteiger partial charge is 0.378 e. The van der Waals surface area contributed by atoms with Crippen LogP contribution in [0.1, 0.15) is 5.56 Å². The van der Waals surface area contributed by atoms with Gasteiger partial charge in [-0.15, -0.1) is 0 Å². The fraction of sp³-hybridized carbons (Fsp3) is 0.278. The summed E-state index contributed by atoms with van der Waals surface area (Å²) in [5.41, 5.74) is -0.334. The van der Waals surface area contributed by atoms with E-state index in [9.17, 15) is 18.0 Å². The minimum absolute atomic E-state index is 0.0356. The minimum atomic E-state index is -4.20. The first-order valence-corrected chi connectivity index (χ1v) is 9.73. The molecule has 0 unspecified atom stereocenters. The van der Waals surface area contributed by atoms with Crippen molar-refractivity contribution in [3.05, 3.63) is 56.7 Å². The van der Waals surface area contributed by atoms with Crippen LogP contribution in [0.3, 0.4) is 0 Å². The van der Waals surface area contributed by atoms with Crippen molar-refractivity contribution in [2.45, 2.75) is 11.8 Å². The van der Waals surface area contributed by atoms with E-state index in [1.54, 1.807) is 31.1 Å². The van der Waals surface area contributed by atoms with Gasteiger partial charge in [0.25, 0.3) is 5.56 Å². The van der Waals surface area contributed by atoms with Gasteiger partial charge in [-0.25, -0.2) is 9.78 Å². The van der Waals surface area contributed by atoms with E-state index in [0.717, 1.165) is 10.1 Å².